The van der Waals surface area contributed by atoms with E-state index in [1.54, 1.807) is 29.3 Å². The molecule has 0 N–H and O–H groups in total. The molecule has 8 nitrogen and oxygen atoms in total. The first-order chi connectivity index (χ1) is 14.2. The monoisotopic (exact) mass is 412 g/mol. The van der Waals surface area contributed by atoms with Gasteiger partial charge in [0.05, 0.1) is 17.2 Å². The fourth-order valence-corrected chi connectivity index (χ4v) is 4.62. The van der Waals surface area contributed by atoms with Crippen LogP contribution in [-0.4, -0.2) is 53.0 Å². The molecule has 1 saturated heterocycles. The van der Waals surface area contributed by atoms with Gasteiger partial charge < -0.3 is 14.5 Å². The molecule has 1 aromatic carbocycles. The molecule has 5 rings (SSSR count). The highest BCUT2D eigenvalue weighted by Crippen LogP contribution is 2.30. The van der Waals surface area contributed by atoms with Crippen molar-refractivity contribution in [2.45, 2.75) is 26.0 Å². The van der Waals surface area contributed by atoms with Crippen LogP contribution in [0.25, 0.3) is 10.9 Å². The summed E-state index contributed by atoms with van der Waals surface area (Å²) in [6.45, 7) is 4.85. The van der Waals surface area contributed by atoms with Crippen molar-refractivity contribution in [3.63, 3.8) is 0 Å². The second-order valence-electron chi connectivity index (χ2n) is 7.73. The highest BCUT2D eigenvalue weighted by molar-refractivity contribution is 7.15. The molecule has 9 heteroatoms. The Morgan fingerprint density at radius 1 is 1.14 bits per heavy atom. The van der Waals surface area contributed by atoms with Gasteiger partial charge in [-0.1, -0.05) is 11.3 Å². The number of aromatic nitrogens is 4. The van der Waals surface area contributed by atoms with Gasteiger partial charge in [-0.3, -0.25) is 9.36 Å². The van der Waals surface area contributed by atoms with E-state index in [1.165, 1.54) is 12.8 Å². The molecule has 0 bridgehead atoms. The van der Waals surface area contributed by atoms with E-state index in [0.717, 1.165) is 54.1 Å². The first kappa shape index (κ1) is 18.5. The lowest BCUT2D eigenvalue weighted by atomic mass is 10.2. The number of benzene rings is 1. The number of hydrogen-bond donors (Lipinski definition) is 0. The largest absolute Gasteiger partial charge is 0.377 e. The summed E-state index contributed by atoms with van der Waals surface area (Å²) >= 11 is 1.59. The summed E-state index contributed by atoms with van der Waals surface area (Å²) in [6, 6.07) is 6.01. The van der Waals surface area contributed by atoms with Crippen molar-refractivity contribution in [2.75, 3.05) is 43.1 Å². The highest BCUT2D eigenvalue weighted by Gasteiger charge is 2.23. The maximum Gasteiger partial charge on any atom is 0.261 e. The smallest absolute Gasteiger partial charge is 0.261 e. The number of methoxy groups -OCH3 is 1. The third-order valence-corrected chi connectivity index (χ3v) is 6.56. The molecule has 2 aliphatic rings. The molecule has 152 valence electrons. The van der Waals surface area contributed by atoms with Crippen LogP contribution in [0.1, 0.15) is 17.8 Å². The molecule has 3 aromatic rings. The van der Waals surface area contributed by atoms with Gasteiger partial charge >= 0.3 is 0 Å². The minimum Gasteiger partial charge on any atom is -0.377 e. The van der Waals surface area contributed by atoms with Crippen molar-refractivity contribution in [1.29, 1.82) is 0 Å². The van der Waals surface area contributed by atoms with Crippen molar-refractivity contribution in [1.82, 2.24) is 19.7 Å². The van der Waals surface area contributed by atoms with E-state index in [1.807, 2.05) is 18.2 Å². The zero-order valence-electron chi connectivity index (χ0n) is 16.5. The van der Waals surface area contributed by atoms with Gasteiger partial charge in [0, 0.05) is 45.5 Å². The number of fused-ring (bicyclic) bond motifs is 1. The first-order valence-electron chi connectivity index (χ1n) is 10.0. The predicted octanol–water partition coefficient (Wildman–Crippen LogP) is 2.13. The van der Waals surface area contributed by atoms with Gasteiger partial charge in [-0.25, -0.2) is 4.98 Å². The van der Waals surface area contributed by atoms with E-state index >= 15 is 0 Å². The second kappa shape index (κ2) is 7.72. The number of nitrogens with zero attached hydrogens (tertiary/aromatic N) is 6. The Morgan fingerprint density at radius 2 is 1.93 bits per heavy atom. The van der Waals surface area contributed by atoms with E-state index in [4.69, 9.17) is 4.74 Å². The Morgan fingerprint density at radius 3 is 2.69 bits per heavy atom. The van der Waals surface area contributed by atoms with E-state index in [2.05, 4.69) is 25.0 Å². The van der Waals surface area contributed by atoms with Crippen molar-refractivity contribution in [3.8, 4) is 0 Å². The fraction of sp³-hybridized carbons (Fsp3) is 0.500. The van der Waals surface area contributed by atoms with Crippen LogP contribution in [0.15, 0.2) is 29.3 Å². The van der Waals surface area contributed by atoms with Crippen LogP contribution in [0, 0.1) is 5.92 Å². The summed E-state index contributed by atoms with van der Waals surface area (Å²) < 4.78 is 6.89. The zero-order chi connectivity index (χ0) is 19.8. The lowest BCUT2D eigenvalue weighted by Crippen LogP contribution is -2.46. The summed E-state index contributed by atoms with van der Waals surface area (Å²) in [6.07, 6.45) is 4.15. The van der Waals surface area contributed by atoms with Crippen LogP contribution >= 0.6 is 11.3 Å². The lowest BCUT2D eigenvalue weighted by molar-refractivity contribution is 0.184. The number of hydrogen-bond acceptors (Lipinski definition) is 8. The number of anilines is 2. The molecule has 0 unspecified atom stereocenters. The maximum absolute atomic E-state index is 12.7. The topological polar surface area (TPSA) is 76.4 Å². The van der Waals surface area contributed by atoms with Crippen LogP contribution in [0.2, 0.25) is 0 Å². The molecule has 0 spiro atoms. The van der Waals surface area contributed by atoms with Gasteiger partial charge in [0.25, 0.3) is 5.56 Å². The quantitative estimate of drug-likeness (QED) is 0.614. The van der Waals surface area contributed by atoms with Crippen LogP contribution < -0.4 is 15.4 Å². The SMILES string of the molecule is COCc1nnc(N2CCN(c3ccc4c(=O)n(CC5CC5)cnc4c3)CC2)s1. The summed E-state index contributed by atoms with van der Waals surface area (Å²) in [4.78, 5) is 21.9. The van der Waals surface area contributed by atoms with Gasteiger partial charge in [0.15, 0.2) is 0 Å². The standard InChI is InChI=1S/C20H24N6O2S/c1-28-12-18-22-23-20(29-18)25-8-6-24(7-9-25)15-4-5-16-17(10-15)21-13-26(19(16)27)11-14-2-3-14/h4-5,10,13-14H,2-3,6-9,11-12H2,1H3. The minimum absolute atomic E-state index is 0.0707. The third-order valence-electron chi connectivity index (χ3n) is 5.60. The van der Waals surface area contributed by atoms with Gasteiger partial charge in [-0.2, -0.15) is 0 Å². The van der Waals surface area contributed by atoms with E-state index in [-0.39, 0.29) is 5.56 Å². The number of ether oxygens (including phenoxy) is 1. The van der Waals surface area contributed by atoms with Crippen molar-refractivity contribution in [2.24, 2.45) is 5.92 Å². The molecular weight excluding hydrogens is 388 g/mol. The molecule has 2 aromatic heterocycles. The highest BCUT2D eigenvalue weighted by atomic mass is 32.1. The average molecular weight is 413 g/mol. The summed E-state index contributed by atoms with van der Waals surface area (Å²) in [7, 11) is 1.67. The van der Waals surface area contributed by atoms with Crippen molar-refractivity contribution in [3.05, 3.63) is 39.9 Å². The molecule has 2 fully saturated rings. The summed E-state index contributed by atoms with van der Waals surface area (Å²) in [5, 5.41) is 11.0. The van der Waals surface area contributed by atoms with Crippen LogP contribution in [-0.2, 0) is 17.9 Å². The van der Waals surface area contributed by atoms with E-state index in [9.17, 15) is 4.79 Å². The number of rotatable bonds is 6. The molecule has 3 heterocycles. The Balaban J connectivity index is 1.29. The minimum atomic E-state index is 0.0707. The molecule has 1 aliphatic carbocycles. The van der Waals surface area contributed by atoms with E-state index in [0.29, 0.717) is 17.9 Å². The Bertz CT molecular complexity index is 1070. The predicted molar refractivity (Wildman–Crippen MR) is 114 cm³/mol. The second-order valence-corrected chi connectivity index (χ2v) is 8.77. The lowest BCUT2D eigenvalue weighted by Gasteiger charge is -2.35. The molecule has 0 atom stereocenters. The Kier molecular flexibility index (Phi) is 4.92. The Labute approximate surface area is 172 Å². The average Bonchev–Trinajstić information content (AvgIpc) is 3.45. The summed E-state index contributed by atoms with van der Waals surface area (Å²) in [5.41, 5.74) is 1.96. The van der Waals surface area contributed by atoms with Crippen LogP contribution in [0.5, 0.6) is 0 Å². The maximum atomic E-state index is 12.7. The molecule has 0 radical (unpaired) electrons. The van der Waals surface area contributed by atoms with Gasteiger partial charge in [0.1, 0.15) is 11.6 Å². The van der Waals surface area contributed by atoms with Crippen molar-refractivity contribution >= 4 is 33.1 Å². The number of piperazine rings is 1. The molecule has 0 amide bonds. The molecular formula is C20H24N6O2S. The van der Waals surface area contributed by atoms with Crippen LogP contribution in [0.3, 0.4) is 0 Å². The fourth-order valence-electron chi connectivity index (χ4n) is 3.76. The van der Waals surface area contributed by atoms with Crippen molar-refractivity contribution < 1.29 is 4.74 Å². The summed E-state index contributed by atoms with van der Waals surface area (Å²) in [5.74, 6) is 0.654. The third kappa shape index (κ3) is 3.84. The Hall–Kier alpha value is -2.52. The van der Waals surface area contributed by atoms with Gasteiger partial charge in [-0.05, 0) is 37.0 Å². The zero-order valence-corrected chi connectivity index (χ0v) is 17.3. The molecule has 1 saturated carbocycles. The van der Waals surface area contributed by atoms with Crippen LogP contribution in [0.4, 0.5) is 10.8 Å². The first-order valence-corrected chi connectivity index (χ1v) is 10.8. The molecule has 1 aliphatic heterocycles. The molecule has 29 heavy (non-hydrogen) atoms. The van der Waals surface area contributed by atoms with E-state index < -0.39 is 0 Å². The van der Waals surface area contributed by atoms with Gasteiger partial charge in [0.2, 0.25) is 5.13 Å². The van der Waals surface area contributed by atoms with Gasteiger partial charge in [-0.15, -0.1) is 10.2 Å². The normalized spacial score (nSPS) is 17.3.